The van der Waals surface area contributed by atoms with Crippen LogP contribution < -0.4 is 4.90 Å². The second kappa shape index (κ2) is 9.46. The van der Waals surface area contributed by atoms with Crippen molar-refractivity contribution < 1.29 is 4.79 Å². The molecule has 2 aliphatic heterocycles. The number of piperidine rings is 1. The van der Waals surface area contributed by atoms with Gasteiger partial charge in [0, 0.05) is 50.5 Å². The van der Waals surface area contributed by atoms with Crippen LogP contribution in [0.3, 0.4) is 0 Å². The quantitative estimate of drug-likeness (QED) is 0.664. The minimum absolute atomic E-state index is 0.306. The molecule has 3 heterocycles. The molecule has 31 heavy (non-hydrogen) atoms. The van der Waals surface area contributed by atoms with Gasteiger partial charge >= 0.3 is 0 Å². The Labute approximate surface area is 187 Å². The zero-order chi connectivity index (χ0) is 22.0. The third kappa shape index (κ3) is 4.97. The lowest BCUT2D eigenvalue weighted by molar-refractivity contribution is -0.132. The van der Waals surface area contributed by atoms with Gasteiger partial charge in [0.05, 0.1) is 5.69 Å². The fraction of sp³-hybridized carbons (Fsp3) is 0.615. The summed E-state index contributed by atoms with van der Waals surface area (Å²) in [6, 6.07) is 8.81. The highest BCUT2D eigenvalue weighted by Gasteiger charge is 2.27. The zero-order valence-corrected chi connectivity index (χ0v) is 19.7. The normalized spacial score (nSPS) is 16.9. The SMILES string of the molecule is Cc1nn(CC(C)C)c(C)c1CCC(=O)N1CCC(CN2CCc3ccccc32)CC1. The maximum atomic E-state index is 12.9. The van der Waals surface area contributed by atoms with Crippen molar-refractivity contribution in [2.75, 3.05) is 31.1 Å². The van der Waals surface area contributed by atoms with Crippen LogP contribution in [-0.2, 0) is 24.2 Å². The molecule has 0 aliphatic carbocycles. The van der Waals surface area contributed by atoms with Crippen LogP contribution in [0.25, 0.3) is 0 Å². The van der Waals surface area contributed by atoms with Crippen molar-refractivity contribution in [3.8, 4) is 0 Å². The van der Waals surface area contributed by atoms with Gasteiger partial charge in [0.25, 0.3) is 0 Å². The number of carbonyl (C=O) groups excluding carboxylic acids is 1. The van der Waals surface area contributed by atoms with Gasteiger partial charge in [-0.1, -0.05) is 32.0 Å². The van der Waals surface area contributed by atoms with Crippen molar-refractivity contribution in [3.63, 3.8) is 0 Å². The molecule has 1 fully saturated rings. The Bertz CT molecular complexity index is 908. The molecule has 0 N–H and O–H groups in total. The van der Waals surface area contributed by atoms with Gasteiger partial charge in [-0.2, -0.15) is 5.10 Å². The van der Waals surface area contributed by atoms with Gasteiger partial charge in [0.2, 0.25) is 5.91 Å². The number of hydrogen-bond acceptors (Lipinski definition) is 3. The number of benzene rings is 1. The molecule has 0 radical (unpaired) electrons. The summed E-state index contributed by atoms with van der Waals surface area (Å²) in [5, 5.41) is 4.70. The predicted molar refractivity (Wildman–Crippen MR) is 127 cm³/mol. The van der Waals surface area contributed by atoms with Crippen LogP contribution in [-0.4, -0.2) is 46.8 Å². The number of anilines is 1. The standard InChI is InChI=1S/C26H38N4O/c1-19(2)17-30-21(4)24(20(3)27-30)9-10-26(31)28-14-11-22(12-15-28)18-29-16-13-23-7-5-6-8-25(23)29/h5-8,19,22H,9-18H2,1-4H3. The molecule has 2 aliphatic rings. The Balaban J connectivity index is 1.25. The maximum absolute atomic E-state index is 12.9. The van der Waals surface area contributed by atoms with E-state index in [2.05, 4.69) is 66.4 Å². The smallest absolute Gasteiger partial charge is 0.222 e. The first kappa shape index (κ1) is 21.9. The number of aromatic nitrogens is 2. The van der Waals surface area contributed by atoms with E-state index in [4.69, 9.17) is 5.10 Å². The average molecular weight is 423 g/mol. The number of fused-ring (bicyclic) bond motifs is 1. The van der Waals surface area contributed by atoms with Crippen LogP contribution in [0.15, 0.2) is 24.3 Å². The lowest BCUT2D eigenvalue weighted by atomic mass is 9.95. The molecule has 168 valence electrons. The van der Waals surface area contributed by atoms with Crippen molar-refractivity contribution >= 4 is 11.6 Å². The van der Waals surface area contributed by atoms with Crippen LogP contribution in [0.2, 0.25) is 0 Å². The van der Waals surface area contributed by atoms with Gasteiger partial charge in [-0.15, -0.1) is 0 Å². The summed E-state index contributed by atoms with van der Waals surface area (Å²) in [7, 11) is 0. The van der Waals surface area contributed by atoms with Gasteiger partial charge < -0.3 is 9.80 Å². The van der Waals surface area contributed by atoms with Crippen LogP contribution in [0.1, 0.15) is 55.6 Å². The summed E-state index contributed by atoms with van der Waals surface area (Å²) in [6.07, 6.45) is 4.81. The van der Waals surface area contributed by atoms with Crippen LogP contribution >= 0.6 is 0 Å². The third-order valence-electron chi connectivity index (χ3n) is 7.09. The molecule has 0 atom stereocenters. The zero-order valence-electron chi connectivity index (χ0n) is 19.7. The number of para-hydroxylation sites is 1. The molecule has 4 rings (SSSR count). The minimum Gasteiger partial charge on any atom is -0.371 e. The van der Waals surface area contributed by atoms with E-state index in [0.29, 0.717) is 24.2 Å². The summed E-state index contributed by atoms with van der Waals surface area (Å²) in [5.41, 5.74) is 6.47. The van der Waals surface area contributed by atoms with Crippen LogP contribution in [0.5, 0.6) is 0 Å². The number of likely N-dealkylation sites (tertiary alicyclic amines) is 1. The van der Waals surface area contributed by atoms with E-state index >= 15 is 0 Å². The molecule has 0 bridgehead atoms. The second-order valence-electron chi connectivity index (χ2n) is 9.87. The topological polar surface area (TPSA) is 41.4 Å². The molecule has 0 unspecified atom stereocenters. The van der Waals surface area contributed by atoms with Crippen molar-refractivity contribution in [2.24, 2.45) is 11.8 Å². The van der Waals surface area contributed by atoms with Gasteiger partial charge in [-0.25, -0.2) is 0 Å². The summed E-state index contributed by atoms with van der Waals surface area (Å²) in [6.45, 7) is 13.7. The van der Waals surface area contributed by atoms with Gasteiger partial charge in [0.15, 0.2) is 0 Å². The highest BCUT2D eigenvalue weighted by molar-refractivity contribution is 5.76. The van der Waals surface area contributed by atoms with E-state index in [1.54, 1.807) is 0 Å². The molecule has 5 nitrogen and oxygen atoms in total. The molecule has 2 aromatic rings. The molecule has 0 spiro atoms. The Kier molecular flexibility index (Phi) is 6.68. The molecule has 0 saturated carbocycles. The molecule has 5 heteroatoms. The monoisotopic (exact) mass is 422 g/mol. The fourth-order valence-electron chi connectivity index (χ4n) is 5.28. The number of carbonyl (C=O) groups is 1. The number of aryl methyl sites for hydroxylation is 1. The van der Waals surface area contributed by atoms with Gasteiger partial charge in [-0.3, -0.25) is 9.48 Å². The first-order chi connectivity index (χ1) is 14.9. The largest absolute Gasteiger partial charge is 0.371 e. The van der Waals surface area contributed by atoms with E-state index in [1.807, 2.05) is 0 Å². The van der Waals surface area contributed by atoms with Crippen LogP contribution in [0.4, 0.5) is 5.69 Å². The van der Waals surface area contributed by atoms with E-state index in [0.717, 1.165) is 57.7 Å². The Morgan fingerprint density at radius 3 is 2.61 bits per heavy atom. The fourth-order valence-corrected chi connectivity index (χ4v) is 5.28. The van der Waals surface area contributed by atoms with E-state index < -0.39 is 0 Å². The second-order valence-corrected chi connectivity index (χ2v) is 9.87. The summed E-state index contributed by atoms with van der Waals surface area (Å²) in [4.78, 5) is 17.5. The highest BCUT2D eigenvalue weighted by Crippen LogP contribution is 2.30. The van der Waals surface area contributed by atoms with Crippen LogP contribution in [0, 0.1) is 25.7 Å². The maximum Gasteiger partial charge on any atom is 0.222 e. The van der Waals surface area contributed by atoms with Crippen molar-refractivity contribution in [1.29, 1.82) is 0 Å². The Morgan fingerprint density at radius 1 is 1.13 bits per heavy atom. The first-order valence-electron chi connectivity index (χ1n) is 12.1. The summed E-state index contributed by atoms with van der Waals surface area (Å²) < 4.78 is 2.11. The lowest BCUT2D eigenvalue weighted by Crippen LogP contribution is -2.41. The minimum atomic E-state index is 0.306. The number of rotatable bonds is 7. The molecule has 1 amide bonds. The van der Waals surface area contributed by atoms with E-state index in [-0.39, 0.29) is 0 Å². The van der Waals surface area contributed by atoms with Crippen molar-refractivity contribution in [2.45, 2.75) is 66.3 Å². The Morgan fingerprint density at radius 2 is 1.87 bits per heavy atom. The van der Waals surface area contributed by atoms with E-state index in [1.165, 1.54) is 28.9 Å². The first-order valence-corrected chi connectivity index (χ1v) is 12.1. The predicted octanol–water partition coefficient (Wildman–Crippen LogP) is 4.39. The van der Waals surface area contributed by atoms with Gasteiger partial charge in [0.1, 0.15) is 0 Å². The lowest BCUT2D eigenvalue weighted by Gasteiger charge is -2.34. The van der Waals surface area contributed by atoms with Crippen molar-refractivity contribution in [3.05, 3.63) is 46.8 Å². The van der Waals surface area contributed by atoms with Crippen molar-refractivity contribution in [1.82, 2.24) is 14.7 Å². The number of hydrogen-bond donors (Lipinski definition) is 0. The third-order valence-corrected chi connectivity index (χ3v) is 7.09. The molecular weight excluding hydrogens is 384 g/mol. The molecular formula is C26H38N4O. The summed E-state index contributed by atoms with van der Waals surface area (Å²) in [5.74, 6) is 1.57. The summed E-state index contributed by atoms with van der Waals surface area (Å²) >= 11 is 0. The number of nitrogens with zero attached hydrogens (tertiary/aromatic N) is 4. The average Bonchev–Trinajstić information content (AvgIpc) is 3.27. The highest BCUT2D eigenvalue weighted by atomic mass is 16.2. The Hall–Kier alpha value is -2.30. The molecule has 1 aromatic heterocycles. The molecule has 1 aromatic carbocycles. The number of amides is 1. The molecule has 1 saturated heterocycles. The van der Waals surface area contributed by atoms with E-state index in [9.17, 15) is 4.79 Å². The van der Waals surface area contributed by atoms with Gasteiger partial charge in [-0.05, 0) is 68.6 Å².